The van der Waals surface area contributed by atoms with Gasteiger partial charge in [0.2, 0.25) is 0 Å². The largest absolute Gasteiger partial charge is 0.486 e. The maximum absolute atomic E-state index is 10.8. The van der Waals surface area contributed by atoms with Crippen LogP contribution in [0.5, 0.6) is 11.5 Å². The van der Waals surface area contributed by atoms with Crippen LogP contribution >= 0.6 is 11.3 Å². The fourth-order valence-corrected chi connectivity index (χ4v) is 2.62. The number of ether oxygens (including phenoxy) is 3. The molecule has 0 saturated carbocycles. The highest BCUT2D eigenvalue weighted by molar-refractivity contribution is 7.86. The second kappa shape index (κ2) is 6.08. The summed E-state index contributed by atoms with van der Waals surface area (Å²) in [6.07, 6.45) is -0.0117. The van der Waals surface area contributed by atoms with Crippen molar-refractivity contribution in [3.63, 3.8) is 0 Å². The molecule has 1 aromatic rings. The molecule has 1 aliphatic heterocycles. The van der Waals surface area contributed by atoms with Gasteiger partial charge in [0, 0.05) is 17.4 Å². The molecule has 19 heavy (non-hydrogen) atoms. The number of rotatable bonds is 5. The molecule has 0 bridgehead atoms. The second-order valence-electron chi connectivity index (χ2n) is 4.33. The van der Waals surface area contributed by atoms with Crippen molar-refractivity contribution >= 4 is 21.5 Å². The molecule has 1 unspecified atom stereocenters. The van der Waals surface area contributed by atoms with Gasteiger partial charge in [-0.3, -0.25) is 4.55 Å². The quantitative estimate of drug-likeness (QED) is 0.832. The Bertz CT molecular complexity index is 487. The minimum absolute atomic E-state index is 0.227. The van der Waals surface area contributed by atoms with Crippen LogP contribution < -0.4 is 9.47 Å². The Labute approximate surface area is 116 Å². The van der Waals surface area contributed by atoms with Crippen LogP contribution in [0.1, 0.15) is 13.3 Å². The lowest BCUT2D eigenvalue weighted by Gasteiger charge is -2.15. The fourth-order valence-electron chi connectivity index (χ4n) is 1.54. The van der Waals surface area contributed by atoms with Crippen molar-refractivity contribution in [3.05, 3.63) is 10.8 Å². The zero-order chi connectivity index (χ0) is 13.9. The summed E-state index contributed by atoms with van der Waals surface area (Å²) >= 11 is 1.51. The first kappa shape index (κ1) is 14.6. The van der Waals surface area contributed by atoms with Crippen LogP contribution in [0.3, 0.4) is 0 Å². The molecule has 2 rings (SSSR count). The highest BCUT2D eigenvalue weighted by Crippen LogP contribution is 2.33. The smallest absolute Gasteiger partial charge is 0.267 e. The van der Waals surface area contributed by atoms with Gasteiger partial charge in [-0.05, 0) is 13.3 Å². The monoisotopic (exact) mass is 308 g/mol. The van der Waals surface area contributed by atoms with Crippen molar-refractivity contribution in [1.29, 1.82) is 0 Å². The van der Waals surface area contributed by atoms with E-state index in [4.69, 9.17) is 18.8 Å². The predicted molar refractivity (Wildman–Crippen MR) is 70.7 cm³/mol. The first-order valence-corrected chi connectivity index (χ1v) is 8.31. The Morgan fingerprint density at radius 2 is 2.00 bits per heavy atom. The third-order valence-electron chi connectivity index (χ3n) is 2.83. The van der Waals surface area contributed by atoms with Gasteiger partial charge < -0.3 is 14.2 Å². The van der Waals surface area contributed by atoms with Crippen molar-refractivity contribution in [2.45, 2.75) is 24.7 Å². The van der Waals surface area contributed by atoms with Gasteiger partial charge in [0.05, 0.1) is 5.25 Å². The van der Waals surface area contributed by atoms with Gasteiger partial charge in [0.25, 0.3) is 10.1 Å². The van der Waals surface area contributed by atoms with Crippen molar-refractivity contribution in [3.8, 4) is 11.5 Å². The molecule has 0 spiro atoms. The molecule has 0 amide bonds. The Hall–Kier alpha value is -0.830. The average Bonchev–Trinajstić information content (AvgIpc) is 2.70. The number of fused-ring (bicyclic) bond motifs is 1. The van der Waals surface area contributed by atoms with Gasteiger partial charge in [0.1, 0.15) is 19.3 Å². The van der Waals surface area contributed by atoms with Gasteiger partial charge in [-0.25, -0.2) is 0 Å². The molecule has 6 nitrogen and oxygen atoms in total. The summed E-state index contributed by atoms with van der Waals surface area (Å²) in [5.41, 5.74) is 0. The average molecular weight is 308 g/mol. The Morgan fingerprint density at radius 3 is 2.53 bits per heavy atom. The molecule has 1 N–H and O–H groups in total. The van der Waals surface area contributed by atoms with E-state index in [0.717, 1.165) is 0 Å². The summed E-state index contributed by atoms with van der Waals surface area (Å²) in [5, 5.41) is 2.89. The van der Waals surface area contributed by atoms with E-state index in [9.17, 15) is 8.42 Å². The maximum atomic E-state index is 10.8. The first-order chi connectivity index (χ1) is 8.97. The first-order valence-electron chi connectivity index (χ1n) is 5.86. The highest BCUT2D eigenvalue weighted by Gasteiger charge is 2.21. The molecular formula is C11H16O6S2. The van der Waals surface area contributed by atoms with Crippen LogP contribution in [0.25, 0.3) is 0 Å². The van der Waals surface area contributed by atoms with Crippen molar-refractivity contribution in [1.82, 2.24) is 0 Å². The zero-order valence-electron chi connectivity index (χ0n) is 10.4. The maximum Gasteiger partial charge on any atom is 0.267 e. The molecule has 1 atom stereocenters. The molecule has 0 aromatic carbocycles. The highest BCUT2D eigenvalue weighted by atomic mass is 32.2. The minimum Gasteiger partial charge on any atom is -0.486 e. The van der Waals surface area contributed by atoms with Crippen LogP contribution in [0.2, 0.25) is 0 Å². The fraction of sp³-hybridized carbons (Fsp3) is 0.636. The number of thiophene rings is 1. The van der Waals surface area contributed by atoms with E-state index in [-0.39, 0.29) is 19.1 Å². The third kappa shape index (κ3) is 4.07. The lowest BCUT2D eigenvalue weighted by Crippen LogP contribution is -2.28. The van der Waals surface area contributed by atoms with Crippen molar-refractivity contribution in [2.75, 3.05) is 19.8 Å². The van der Waals surface area contributed by atoms with E-state index in [2.05, 4.69) is 0 Å². The van der Waals surface area contributed by atoms with Crippen molar-refractivity contribution < 1.29 is 27.2 Å². The van der Waals surface area contributed by atoms with Gasteiger partial charge in [-0.1, -0.05) is 0 Å². The van der Waals surface area contributed by atoms with Gasteiger partial charge >= 0.3 is 0 Å². The summed E-state index contributed by atoms with van der Waals surface area (Å²) in [5.74, 6) is 1.42. The molecule has 0 radical (unpaired) electrons. The van der Waals surface area contributed by atoms with Gasteiger partial charge in [-0.15, -0.1) is 11.3 Å². The lowest BCUT2D eigenvalue weighted by molar-refractivity contribution is 0.00166. The van der Waals surface area contributed by atoms with Gasteiger partial charge in [-0.2, -0.15) is 8.42 Å². The summed E-state index contributed by atoms with van der Waals surface area (Å²) in [4.78, 5) is 0. The number of hydrogen-bond acceptors (Lipinski definition) is 6. The summed E-state index contributed by atoms with van der Waals surface area (Å²) in [6.45, 7) is 2.40. The van der Waals surface area contributed by atoms with Crippen LogP contribution in [-0.2, 0) is 14.9 Å². The Balaban J connectivity index is 1.75. The van der Waals surface area contributed by atoms with E-state index >= 15 is 0 Å². The lowest BCUT2D eigenvalue weighted by atomic mass is 10.3. The molecule has 0 aliphatic carbocycles. The van der Waals surface area contributed by atoms with Crippen LogP contribution in [-0.4, -0.2) is 44.1 Å². The molecule has 1 aromatic heterocycles. The normalized spacial score (nSPS) is 18.0. The summed E-state index contributed by atoms with van der Waals surface area (Å²) in [6, 6.07) is 0. The van der Waals surface area contributed by atoms with Crippen molar-refractivity contribution in [2.24, 2.45) is 0 Å². The second-order valence-corrected chi connectivity index (χ2v) is 6.91. The van der Waals surface area contributed by atoms with E-state index in [1.54, 1.807) is 0 Å². The van der Waals surface area contributed by atoms with E-state index in [0.29, 0.717) is 24.7 Å². The molecular weight excluding hydrogens is 292 g/mol. The van der Waals surface area contributed by atoms with Crippen LogP contribution in [0.4, 0.5) is 0 Å². The molecule has 108 valence electrons. The Kier molecular flexibility index (Phi) is 4.67. The van der Waals surface area contributed by atoms with Gasteiger partial charge in [0.15, 0.2) is 11.5 Å². The summed E-state index contributed by atoms with van der Waals surface area (Å²) in [7, 11) is -3.99. The Morgan fingerprint density at radius 1 is 1.42 bits per heavy atom. The third-order valence-corrected chi connectivity index (χ3v) is 4.78. The summed E-state index contributed by atoms with van der Waals surface area (Å²) < 4.78 is 47.0. The molecule has 0 fully saturated rings. The minimum atomic E-state index is -3.99. The zero-order valence-corrected chi connectivity index (χ0v) is 12.1. The van der Waals surface area contributed by atoms with Crippen LogP contribution in [0.15, 0.2) is 10.8 Å². The molecule has 2 heterocycles. The molecule has 8 heteroatoms. The van der Waals surface area contributed by atoms with E-state index < -0.39 is 15.4 Å². The van der Waals surface area contributed by atoms with Crippen LogP contribution in [0, 0.1) is 0 Å². The standard InChI is InChI=1S/C11H16O6S2/c1-8(19(12,13)14)2-3-15-9-4-16-10-6-18-7-11(10)17-5-9/h6-9H,2-5H2,1H3,(H,12,13,14). The molecule has 1 aliphatic rings. The molecule has 0 saturated heterocycles. The van der Waals surface area contributed by atoms with E-state index in [1.165, 1.54) is 18.3 Å². The topological polar surface area (TPSA) is 82.1 Å². The van der Waals surface area contributed by atoms with E-state index in [1.807, 2.05) is 10.8 Å². The predicted octanol–water partition coefficient (Wildman–Crippen LogP) is 1.57. The SMILES string of the molecule is CC(CCOC1COc2cscc2OC1)S(=O)(=O)O. The number of hydrogen-bond donors (Lipinski definition) is 1.